The van der Waals surface area contributed by atoms with Gasteiger partial charge >= 0.3 is 0 Å². The molecule has 0 saturated carbocycles. The Labute approximate surface area is 92.3 Å². The number of hydrogen-bond donors (Lipinski definition) is 2. The average molecular weight is 207 g/mol. The van der Waals surface area contributed by atoms with E-state index in [2.05, 4.69) is 44.3 Å². The second-order valence-electron chi connectivity index (χ2n) is 4.10. The van der Waals surface area contributed by atoms with Gasteiger partial charge in [-0.25, -0.2) is 0 Å². The van der Waals surface area contributed by atoms with Crippen molar-refractivity contribution in [3.05, 3.63) is 34.9 Å². The van der Waals surface area contributed by atoms with Crippen LogP contribution in [0, 0.1) is 13.8 Å². The average Bonchev–Trinajstić information content (AvgIpc) is 2.24. The van der Waals surface area contributed by atoms with E-state index in [-0.39, 0.29) is 12.6 Å². The van der Waals surface area contributed by atoms with E-state index in [9.17, 15) is 0 Å². The minimum atomic E-state index is 0.210. The molecule has 0 aliphatic carbocycles. The van der Waals surface area contributed by atoms with E-state index in [1.807, 2.05) is 0 Å². The third-order valence-corrected chi connectivity index (χ3v) is 2.80. The van der Waals surface area contributed by atoms with E-state index >= 15 is 0 Å². The largest absolute Gasteiger partial charge is 0.395 e. The third-order valence-electron chi connectivity index (χ3n) is 2.80. The molecule has 0 heterocycles. The number of aryl methyl sites for hydroxylation is 2. The van der Waals surface area contributed by atoms with Crippen molar-refractivity contribution in [1.82, 2.24) is 5.32 Å². The molecular formula is C13H21NO. The highest BCUT2D eigenvalue weighted by molar-refractivity contribution is 5.30. The number of aliphatic hydroxyl groups is 1. The molecule has 0 aliphatic heterocycles. The zero-order valence-corrected chi connectivity index (χ0v) is 9.88. The summed E-state index contributed by atoms with van der Waals surface area (Å²) in [7, 11) is 0. The molecule has 1 rings (SSSR count). The zero-order valence-electron chi connectivity index (χ0n) is 9.88. The van der Waals surface area contributed by atoms with E-state index in [1.165, 1.54) is 16.7 Å². The summed E-state index contributed by atoms with van der Waals surface area (Å²) < 4.78 is 0. The first-order chi connectivity index (χ1) is 7.17. The fraction of sp³-hybridized carbons (Fsp3) is 0.538. The lowest BCUT2D eigenvalue weighted by Crippen LogP contribution is -2.31. The molecule has 1 aromatic carbocycles. The zero-order chi connectivity index (χ0) is 11.3. The first-order valence-electron chi connectivity index (χ1n) is 5.57. The number of benzene rings is 1. The summed E-state index contributed by atoms with van der Waals surface area (Å²) in [5.74, 6) is 0. The van der Waals surface area contributed by atoms with Crippen LogP contribution in [0.1, 0.15) is 30.0 Å². The summed E-state index contributed by atoms with van der Waals surface area (Å²) >= 11 is 0. The Hall–Kier alpha value is -0.860. The van der Waals surface area contributed by atoms with Crippen LogP contribution >= 0.6 is 0 Å². The lowest BCUT2D eigenvalue weighted by atomic mass is 10.1. The predicted octanol–water partition coefficient (Wildman–Crippen LogP) is 2.16. The molecule has 84 valence electrons. The first-order valence-corrected chi connectivity index (χ1v) is 5.57. The quantitative estimate of drug-likeness (QED) is 0.775. The van der Waals surface area contributed by atoms with Gasteiger partial charge in [-0.15, -0.1) is 0 Å². The Bertz CT molecular complexity index is 305. The van der Waals surface area contributed by atoms with Crippen molar-refractivity contribution < 1.29 is 5.11 Å². The van der Waals surface area contributed by atoms with Crippen LogP contribution in [0.15, 0.2) is 18.2 Å². The fourth-order valence-corrected chi connectivity index (χ4v) is 1.58. The Balaban J connectivity index is 2.60. The molecule has 0 amide bonds. The Kier molecular flexibility index (Phi) is 4.79. The van der Waals surface area contributed by atoms with E-state index in [1.54, 1.807) is 0 Å². The van der Waals surface area contributed by atoms with Crippen LogP contribution in [0.3, 0.4) is 0 Å². The molecule has 0 spiro atoms. The lowest BCUT2D eigenvalue weighted by Gasteiger charge is -2.15. The van der Waals surface area contributed by atoms with Gasteiger partial charge in [0.2, 0.25) is 0 Å². The molecule has 2 heteroatoms. The van der Waals surface area contributed by atoms with Crippen molar-refractivity contribution in [1.29, 1.82) is 0 Å². The van der Waals surface area contributed by atoms with Gasteiger partial charge in [0.1, 0.15) is 0 Å². The van der Waals surface area contributed by atoms with Crippen LogP contribution in [0.2, 0.25) is 0 Å². The number of hydrogen-bond acceptors (Lipinski definition) is 2. The van der Waals surface area contributed by atoms with Crippen molar-refractivity contribution >= 4 is 0 Å². The molecular weight excluding hydrogens is 186 g/mol. The summed E-state index contributed by atoms with van der Waals surface area (Å²) in [6.07, 6.45) is 0.960. The second-order valence-corrected chi connectivity index (χ2v) is 4.10. The molecule has 0 radical (unpaired) electrons. The standard InChI is InChI=1S/C13H21NO/c1-4-13(9-15)14-8-12-7-10(2)5-6-11(12)3/h5-7,13-15H,4,8-9H2,1-3H3. The van der Waals surface area contributed by atoms with Crippen LogP contribution in [-0.4, -0.2) is 17.8 Å². The summed E-state index contributed by atoms with van der Waals surface area (Å²) in [5.41, 5.74) is 3.91. The molecule has 2 nitrogen and oxygen atoms in total. The maximum absolute atomic E-state index is 9.07. The summed E-state index contributed by atoms with van der Waals surface area (Å²) in [4.78, 5) is 0. The van der Waals surface area contributed by atoms with Crippen LogP contribution in [0.25, 0.3) is 0 Å². The fourth-order valence-electron chi connectivity index (χ4n) is 1.58. The third kappa shape index (κ3) is 3.65. The number of nitrogens with one attached hydrogen (secondary N) is 1. The molecule has 0 aliphatic rings. The first kappa shape index (κ1) is 12.2. The minimum absolute atomic E-state index is 0.210. The Morgan fingerprint density at radius 2 is 2.07 bits per heavy atom. The monoisotopic (exact) mass is 207 g/mol. The summed E-state index contributed by atoms with van der Waals surface area (Å²) in [5, 5.41) is 12.4. The predicted molar refractivity (Wildman–Crippen MR) is 63.9 cm³/mol. The van der Waals surface area contributed by atoms with Crippen LogP contribution in [-0.2, 0) is 6.54 Å². The highest BCUT2D eigenvalue weighted by Gasteiger charge is 2.04. The second kappa shape index (κ2) is 5.89. The molecule has 1 unspecified atom stereocenters. The van der Waals surface area contributed by atoms with Crippen molar-refractivity contribution in [3.63, 3.8) is 0 Å². The van der Waals surface area contributed by atoms with Crippen LogP contribution < -0.4 is 5.32 Å². The molecule has 15 heavy (non-hydrogen) atoms. The van der Waals surface area contributed by atoms with Gasteiger partial charge in [0.05, 0.1) is 6.61 Å². The van der Waals surface area contributed by atoms with Gasteiger partial charge in [0.15, 0.2) is 0 Å². The highest BCUT2D eigenvalue weighted by atomic mass is 16.3. The Morgan fingerprint density at radius 3 is 2.67 bits per heavy atom. The van der Waals surface area contributed by atoms with Crippen molar-refractivity contribution in [2.45, 2.75) is 39.8 Å². The molecule has 0 aromatic heterocycles. The highest BCUT2D eigenvalue weighted by Crippen LogP contribution is 2.10. The molecule has 1 atom stereocenters. The van der Waals surface area contributed by atoms with E-state index < -0.39 is 0 Å². The SMILES string of the molecule is CCC(CO)NCc1cc(C)ccc1C. The molecule has 0 fully saturated rings. The van der Waals surface area contributed by atoms with Gasteiger partial charge in [-0.2, -0.15) is 0 Å². The molecule has 1 aromatic rings. The maximum atomic E-state index is 9.07. The van der Waals surface area contributed by atoms with Crippen molar-refractivity contribution in [2.75, 3.05) is 6.61 Å². The van der Waals surface area contributed by atoms with Gasteiger partial charge in [-0.05, 0) is 31.4 Å². The van der Waals surface area contributed by atoms with E-state index in [0.29, 0.717) is 0 Å². The van der Waals surface area contributed by atoms with Crippen molar-refractivity contribution in [3.8, 4) is 0 Å². The van der Waals surface area contributed by atoms with Crippen molar-refractivity contribution in [2.24, 2.45) is 0 Å². The maximum Gasteiger partial charge on any atom is 0.0584 e. The van der Waals surface area contributed by atoms with Crippen LogP contribution in [0.4, 0.5) is 0 Å². The van der Waals surface area contributed by atoms with Crippen LogP contribution in [0.5, 0.6) is 0 Å². The topological polar surface area (TPSA) is 32.3 Å². The number of rotatable bonds is 5. The van der Waals surface area contributed by atoms with Gasteiger partial charge in [-0.1, -0.05) is 30.7 Å². The smallest absolute Gasteiger partial charge is 0.0584 e. The molecule has 0 saturated heterocycles. The molecule has 0 bridgehead atoms. The van der Waals surface area contributed by atoms with Gasteiger partial charge in [0.25, 0.3) is 0 Å². The summed E-state index contributed by atoms with van der Waals surface area (Å²) in [6.45, 7) is 7.35. The minimum Gasteiger partial charge on any atom is -0.395 e. The van der Waals surface area contributed by atoms with E-state index in [4.69, 9.17) is 5.11 Å². The number of aliphatic hydroxyl groups excluding tert-OH is 1. The summed E-state index contributed by atoms with van der Waals surface area (Å²) in [6, 6.07) is 6.69. The Morgan fingerprint density at radius 1 is 1.33 bits per heavy atom. The molecule has 2 N–H and O–H groups in total. The van der Waals surface area contributed by atoms with E-state index in [0.717, 1.165) is 13.0 Å². The van der Waals surface area contributed by atoms with Gasteiger partial charge < -0.3 is 10.4 Å². The lowest BCUT2D eigenvalue weighted by molar-refractivity contribution is 0.238. The normalized spacial score (nSPS) is 12.8. The van der Waals surface area contributed by atoms with Gasteiger partial charge in [0, 0.05) is 12.6 Å². The van der Waals surface area contributed by atoms with Gasteiger partial charge in [-0.3, -0.25) is 0 Å².